The van der Waals surface area contributed by atoms with Crippen LogP contribution >= 0.6 is 34.4 Å². The summed E-state index contributed by atoms with van der Waals surface area (Å²) >= 11 is 5.04. The summed E-state index contributed by atoms with van der Waals surface area (Å²) in [6.45, 7) is 5.70. The van der Waals surface area contributed by atoms with Gasteiger partial charge >= 0.3 is 0 Å². The van der Waals surface area contributed by atoms with Gasteiger partial charge in [-0.05, 0) is 62.3 Å². The zero-order valence-electron chi connectivity index (χ0n) is 18.3. The van der Waals surface area contributed by atoms with Crippen LogP contribution in [0.25, 0.3) is 10.2 Å². The number of thioether (sulfide) groups is 1. The molecule has 3 aromatic heterocycles. The highest BCUT2D eigenvalue weighted by molar-refractivity contribution is 7.98. The van der Waals surface area contributed by atoms with Crippen LogP contribution in [0.1, 0.15) is 47.0 Å². The number of hydrogen-bond acceptors (Lipinski definition) is 7. The molecule has 0 saturated carbocycles. The van der Waals surface area contributed by atoms with Gasteiger partial charge in [0.1, 0.15) is 16.2 Å². The van der Waals surface area contributed by atoms with E-state index in [1.807, 2.05) is 35.8 Å². The average molecular weight is 481 g/mol. The van der Waals surface area contributed by atoms with Crippen LogP contribution in [0.4, 0.5) is 10.8 Å². The minimum atomic E-state index is -0.0327. The minimum Gasteiger partial charge on any atom is -0.274 e. The van der Waals surface area contributed by atoms with Crippen molar-refractivity contribution < 1.29 is 4.79 Å². The van der Waals surface area contributed by atoms with Crippen molar-refractivity contribution in [1.29, 1.82) is 0 Å². The molecule has 32 heavy (non-hydrogen) atoms. The number of aromatic nitrogens is 3. The topological polar surface area (TPSA) is 59.0 Å². The molecule has 164 valence electrons. The second-order valence-corrected chi connectivity index (χ2v) is 10.9. The molecule has 1 aliphatic rings. The van der Waals surface area contributed by atoms with Crippen LogP contribution in [0.15, 0.2) is 34.9 Å². The number of rotatable bonds is 5. The fourth-order valence-corrected chi connectivity index (χ4v) is 7.36. The largest absolute Gasteiger partial charge is 0.274 e. The number of hydrogen-bond donors (Lipinski definition) is 0. The van der Waals surface area contributed by atoms with E-state index in [1.54, 1.807) is 29.9 Å². The molecule has 5 nitrogen and oxygen atoms in total. The standard InChI is InChI=1S/C24H24N4OS3/c1-14-7-6-9-19(15(14)2)28(16(3)29)24-27-17(12-31-24)11-30-22-21-18-8-4-5-10-20(18)32-23(21)26-13-25-22/h6-7,9,12-13H,4-5,8,10-11H2,1-3H3. The molecule has 0 aliphatic heterocycles. The normalized spacial score (nSPS) is 13.3. The van der Waals surface area contributed by atoms with Crippen LogP contribution < -0.4 is 4.90 Å². The number of nitrogens with zero attached hydrogens (tertiary/aromatic N) is 4. The van der Waals surface area contributed by atoms with E-state index >= 15 is 0 Å². The molecule has 0 atom stereocenters. The summed E-state index contributed by atoms with van der Waals surface area (Å²) in [6.07, 6.45) is 6.48. The summed E-state index contributed by atoms with van der Waals surface area (Å²) in [4.78, 5) is 30.8. The zero-order valence-corrected chi connectivity index (χ0v) is 20.8. The molecule has 3 heterocycles. The van der Waals surface area contributed by atoms with Crippen molar-refractivity contribution in [3.8, 4) is 0 Å². The lowest BCUT2D eigenvalue weighted by molar-refractivity contribution is -0.115. The SMILES string of the molecule is CC(=O)N(c1nc(CSc2ncnc3sc4c(c23)CCCC4)cs1)c1cccc(C)c1C. The zero-order chi connectivity index (χ0) is 22.2. The summed E-state index contributed by atoms with van der Waals surface area (Å²) in [5.41, 5.74) is 5.57. The predicted octanol–water partition coefficient (Wildman–Crippen LogP) is 6.62. The van der Waals surface area contributed by atoms with Crippen molar-refractivity contribution >= 4 is 61.4 Å². The maximum absolute atomic E-state index is 12.5. The first-order valence-electron chi connectivity index (χ1n) is 10.7. The summed E-state index contributed by atoms with van der Waals surface area (Å²) in [6, 6.07) is 6.03. The van der Waals surface area contributed by atoms with Crippen LogP contribution in [-0.2, 0) is 23.4 Å². The Morgan fingerprint density at radius 1 is 1.19 bits per heavy atom. The molecule has 0 saturated heterocycles. The van der Waals surface area contributed by atoms with Crippen molar-refractivity contribution in [2.75, 3.05) is 4.90 Å². The fraction of sp³-hybridized carbons (Fsp3) is 0.333. The molecule has 5 rings (SSSR count). The van der Waals surface area contributed by atoms with Crippen LogP contribution in [-0.4, -0.2) is 20.9 Å². The molecule has 0 unspecified atom stereocenters. The van der Waals surface area contributed by atoms with E-state index in [0.717, 1.165) is 45.2 Å². The van der Waals surface area contributed by atoms with E-state index in [-0.39, 0.29) is 5.91 Å². The number of thiazole rings is 1. The first-order valence-corrected chi connectivity index (χ1v) is 13.4. The quantitative estimate of drug-likeness (QED) is 0.237. The van der Waals surface area contributed by atoms with Crippen LogP contribution in [0, 0.1) is 13.8 Å². The van der Waals surface area contributed by atoms with E-state index in [4.69, 9.17) is 4.98 Å². The van der Waals surface area contributed by atoms with Gasteiger partial charge in [0.15, 0.2) is 5.13 Å². The molecule has 4 aromatic rings. The first-order chi connectivity index (χ1) is 15.5. The van der Waals surface area contributed by atoms with Crippen molar-refractivity contribution in [1.82, 2.24) is 15.0 Å². The Balaban J connectivity index is 1.41. The van der Waals surface area contributed by atoms with Crippen molar-refractivity contribution in [2.45, 2.75) is 57.2 Å². The third-order valence-corrected chi connectivity index (χ3v) is 9.03. The Morgan fingerprint density at radius 2 is 2.03 bits per heavy atom. The van der Waals surface area contributed by atoms with Gasteiger partial charge in [0.2, 0.25) is 5.91 Å². The van der Waals surface area contributed by atoms with Gasteiger partial charge < -0.3 is 0 Å². The molecule has 8 heteroatoms. The molecule has 0 bridgehead atoms. The second kappa shape index (κ2) is 8.92. The molecular weight excluding hydrogens is 456 g/mol. The molecular formula is C24H24N4OS3. The third kappa shape index (κ3) is 3.95. The number of aryl methyl sites for hydroxylation is 3. The summed E-state index contributed by atoms with van der Waals surface area (Å²) in [5, 5.41) is 5.04. The molecule has 0 N–H and O–H groups in total. The lowest BCUT2D eigenvalue weighted by Gasteiger charge is -2.21. The predicted molar refractivity (Wildman–Crippen MR) is 134 cm³/mol. The van der Waals surface area contributed by atoms with E-state index in [0.29, 0.717) is 10.9 Å². The highest BCUT2D eigenvalue weighted by Crippen LogP contribution is 2.40. The van der Waals surface area contributed by atoms with E-state index in [2.05, 4.69) is 23.0 Å². The Kier molecular flexibility index (Phi) is 6.01. The molecule has 0 spiro atoms. The lowest BCUT2D eigenvalue weighted by atomic mass is 9.97. The Labute approximate surface area is 199 Å². The van der Waals surface area contributed by atoms with Crippen molar-refractivity contribution in [2.24, 2.45) is 0 Å². The summed E-state index contributed by atoms with van der Waals surface area (Å²) < 4.78 is 0. The minimum absolute atomic E-state index is 0.0327. The summed E-state index contributed by atoms with van der Waals surface area (Å²) in [7, 11) is 0. The van der Waals surface area contributed by atoms with Gasteiger partial charge in [-0.25, -0.2) is 15.0 Å². The number of thiophene rings is 1. The Morgan fingerprint density at radius 3 is 2.88 bits per heavy atom. The number of carbonyl (C=O) groups is 1. The molecule has 1 aromatic carbocycles. The third-order valence-electron chi connectivity index (χ3n) is 5.94. The molecule has 0 radical (unpaired) electrons. The highest BCUT2D eigenvalue weighted by atomic mass is 32.2. The van der Waals surface area contributed by atoms with E-state index in [1.165, 1.54) is 40.0 Å². The highest BCUT2D eigenvalue weighted by Gasteiger charge is 2.22. The monoisotopic (exact) mass is 480 g/mol. The van der Waals surface area contributed by atoms with Gasteiger partial charge in [0, 0.05) is 28.3 Å². The lowest BCUT2D eigenvalue weighted by Crippen LogP contribution is -2.23. The summed E-state index contributed by atoms with van der Waals surface area (Å²) in [5.74, 6) is 0.681. The van der Waals surface area contributed by atoms with Gasteiger partial charge in [-0.1, -0.05) is 23.9 Å². The maximum atomic E-state index is 12.5. The number of fused-ring (bicyclic) bond motifs is 3. The second-order valence-electron chi connectivity index (χ2n) is 8.05. The molecule has 1 aliphatic carbocycles. The average Bonchev–Trinajstić information content (AvgIpc) is 3.40. The number of benzene rings is 1. The van der Waals surface area contributed by atoms with Crippen LogP contribution in [0.2, 0.25) is 0 Å². The van der Waals surface area contributed by atoms with E-state index < -0.39 is 0 Å². The number of carbonyl (C=O) groups excluding carboxylic acids is 1. The van der Waals surface area contributed by atoms with Crippen molar-refractivity contribution in [3.05, 3.63) is 57.2 Å². The smallest absolute Gasteiger partial charge is 0.230 e. The number of anilines is 2. The van der Waals surface area contributed by atoms with Gasteiger partial charge in [-0.3, -0.25) is 9.69 Å². The van der Waals surface area contributed by atoms with Gasteiger partial charge in [0.05, 0.1) is 11.4 Å². The van der Waals surface area contributed by atoms with Gasteiger partial charge in [-0.15, -0.1) is 22.7 Å². The van der Waals surface area contributed by atoms with Crippen LogP contribution in [0.3, 0.4) is 0 Å². The van der Waals surface area contributed by atoms with E-state index in [9.17, 15) is 4.79 Å². The maximum Gasteiger partial charge on any atom is 0.230 e. The van der Waals surface area contributed by atoms with Gasteiger partial charge in [0.25, 0.3) is 0 Å². The molecule has 0 fully saturated rings. The number of amides is 1. The van der Waals surface area contributed by atoms with Gasteiger partial charge in [-0.2, -0.15) is 0 Å². The van der Waals surface area contributed by atoms with Crippen molar-refractivity contribution in [3.63, 3.8) is 0 Å². The Hall–Kier alpha value is -2.29. The Bertz CT molecular complexity index is 1310. The first kappa shape index (κ1) is 21.6. The fourth-order valence-electron chi connectivity index (χ4n) is 4.16. The molecule has 1 amide bonds. The van der Waals surface area contributed by atoms with Crippen LogP contribution in [0.5, 0.6) is 0 Å².